The summed E-state index contributed by atoms with van der Waals surface area (Å²) in [6, 6.07) is 43.4. The number of benzene rings is 4. The lowest BCUT2D eigenvalue weighted by Crippen LogP contribution is -2.39. The van der Waals surface area contributed by atoms with Crippen molar-refractivity contribution in [2.45, 2.75) is 18.2 Å². The van der Waals surface area contributed by atoms with Crippen molar-refractivity contribution in [3.8, 4) is 0 Å². The molecule has 31 heavy (non-hydrogen) atoms. The zero-order valence-electron chi connectivity index (χ0n) is 17.6. The molecule has 2 heteroatoms. The molecule has 0 bridgehead atoms. The largest absolute Gasteiger partial charge is 0.375 e. The molecule has 1 saturated heterocycles. The van der Waals surface area contributed by atoms with E-state index in [1.54, 1.807) is 0 Å². The van der Waals surface area contributed by atoms with Crippen LogP contribution in [0.25, 0.3) is 0 Å². The molecule has 0 amide bonds. The predicted molar refractivity (Wildman–Crippen MR) is 126 cm³/mol. The van der Waals surface area contributed by atoms with Crippen molar-refractivity contribution in [3.63, 3.8) is 0 Å². The van der Waals surface area contributed by atoms with Gasteiger partial charge in [0.25, 0.3) is 0 Å². The standard InChI is InChI=1S/C29H27NO/c1-5-13-24(14-6-1)22-31-23-28-21-30(28)29(25-15-7-2-8-16-25,26-17-9-3-10-18-26)27-19-11-4-12-20-27/h1-20,28H,21-23H2/t28-,30?/m1/s1. The zero-order chi connectivity index (χ0) is 20.9. The Kier molecular flexibility index (Phi) is 5.66. The maximum atomic E-state index is 6.13. The van der Waals surface area contributed by atoms with Crippen LogP contribution in [-0.4, -0.2) is 24.1 Å². The summed E-state index contributed by atoms with van der Waals surface area (Å²) in [6.45, 7) is 2.39. The van der Waals surface area contributed by atoms with Gasteiger partial charge in [0, 0.05) is 12.6 Å². The highest BCUT2D eigenvalue weighted by Gasteiger charge is 2.53. The molecule has 4 aromatic rings. The van der Waals surface area contributed by atoms with Gasteiger partial charge in [-0.1, -0.05) is 121 Å². The highest BCUT2D eigenvalue weighted by molar-refractivity contribution is 5.51. The number of nitrogens with zero attached hydrogens (tertiary/aromatic N) is 1. The monoisotopic (exact) mass is 405 g/mol. The van der Waals surface area contributed by atoms with E-state index < -0.39 is 0 Å². The molecular formula is C29H27NO. The highest BCUT2D eigenvalue weighted by atomic mass is 16.5. The van der Waals surface area contributed by atoms with Crippen LogP contribution < -0.4 is 0 Å². The van der Waals surface area contributed by atoms with Gasteiger partial charge < -0.3 is 4.74 Å². The van der Waals surface area contributed by atoms with Crippen molar-refractivity contribution >= 4 is 0 Å². The summed E-state index contributed by atoms with van der Waals surface area (Å²) in [5.41, 5.74) is 4.76. The number of rotatable bonds is 8. The zero-order valence-corrected chi connectivity index (χ0v) is 17.6. The lowest BCUT2D eigenvalue weighted by atomic mass is 9.76. The third-order valence-electron chi connectivity index (χ3n) is 6.14. The first kappa shape index (κ1) is 19.7. The second kappa shape index (κ2) is 8.89. The molecule has 0 N–H and O–H groups in total. The molecule has 0 spiro atoms. The Hall–Kier alpha value is -3.20. The van der Waals surface area contributed by atoms with Crippen LogP contribution in [0.15, 0.2) is 121 Å². The molecule has 0 aliphatic carbocycles. The Balaban J connectivity index is 1.49. The van der Waals surface area contributed by atoms with Crippen LogP contribution in [0.3, 0.4) is 0 Å². The summed E-state index contributed by atoms with van der Waals surface area (Å²) in [6.07, 6.45) is 0. The first-order valence-corrected chi connectivity index (χ1v) is 10.9. The summed E-state index contributed by atoms with van der Waals surface area (Å²) in [5, 5.41) is 0. The Morgan fingerprint density at radius 3 is 1.48 bits per heavy atom. The SMILES string of the molecule is c1ccc(COC[C@H]2CN2C(c2ccccc2)(c2ccccc2)c2ccccc2)cc1. The molecule has 1 aliphatic rings. The van der Waals surface area contributed by atoms with Gasteiger partial charge in [0.2, 0.25) is 0 Å². The van der Waals surface area contributed by atoms with E-state index in [0.717, 1.165) is 13.2 Å². The molecule has 0 aromatic heterocycles. The fourth-order valence-corrected chi connectivity index (χ4v) is 4.66. The maximum Gasteiger partial charge on any atom is 0.0977 e. The second-order valence-electron chi connectivity index (χ2n) is 8.12. The molecule has 2 atom stereocenters. The highest BCUT2D eigenvalue weighted by Crippen LogP contribution is 2.48. The first-order chi connectivity index (χ1) is 15.4. The van der Waals surface area contributed by atoms with Crippen LogP contribution in [0.5, 0.6) is 0 Å². The molecule has 4 aromatic carbocycles. The smallest absolute Gasteiger partial charge is 0.0977 e. The van der Waals surface area contributed by atoms with Gasteiger partial charge in [-0.05, 0) is 22.3 Å². The average molecular weight is 406 g/mol. The second-order valence-corrected chi connectivity index (χ2v) is 8.12. The molecule has 154 valence electrons. The van der Waals surface area contributed by atoms with Crippen LogP contribution >= 0.6 is 0 Å². The van der Waals surface area contributed by atoms with Crippen molar-refractivity contribution < 1.29 is 4.74 Å². The normalized spacial score (nSPS) is 17.9. The Labute approximate surface area is 184 Å². The van der Waals surface area contributed by atoms with Crippen LogP contribution in [0.1, 0.15) is 22.3 Å². The summed E-state index contributed by atoms with van der Waals surface area (Å²) in [4.78, 5) is 2.58. The minimum absolute atomic E-state index is 0.329. The molecule has 2 nitrogen and oxygen atoms in total. The van der Waals surface area contributed by atoms with Crippen LogP contribution in [0, 0.1) is 0 Å². The van der Waals surface area contributed by atoms with Crippen LogP contribution in [0.4, 0.5) is 0 Å². The van der Waals surface area contributed by atoms with E-state index in [1.165, 1.54) is 22.3 Å². The van der Waals surface area contributed by atoms with Crippen molar-refractivity contribution in [1.29, 1.82) is 0 Å². The lowest BCUT2D eigenvalue weighted by Gasteiger charge is -2.38. The molecule has 1 heterocycles. The minimum Gasteiger partial charge on any atom is -0.375 e. The first-order valence-electron chi connectivity index (χ1n) is 10.9. The quantitative estimate of drug-likeness (QED) is 0.268. The lowest BCUT2D eigenvalue weighted by molar-refractivity contribution is 0.107. The van der Waals surface area contributed by atoms with E-state index in [2.05, 4.69) is 120 Å². The van der Waals surface area contributed by atoms with Crippen LogP contribution in [0.2, 0.25) is 0 Å². The third-order valence-corrected chi connectivity index (χ3v) is 6.14. The van der Waals surface area contributed by atoms with E-state index in [4.69, 9.17) is 4.74 Å². The van der Waals surface area contributed by atoms with E-state index in [-0.39, 0.29) is 5.54 Å². The van der Waals surface area contributed by atoms with E-state index in [1.807, 2.05) is 6.07 Å². The fourth-order valence-electron chi connectivity index (χ4n) is 4.66. The third kappa shape index (κ3) is 3.93. The number of ether oxygens (including phenoxy) is 1. The average Bonchev–Trinajstić information content (AvgIpc) is 3.62. The minimum atomic E-state index is -0.329. The number of hydrogen-bond acceptors (Lipinski definition) is 2. The van der Waals surface area contributed by atoms with Gasteiger partial charge in [-0.25, -0.2) is 0 Å². The topological polar surface area (TPSA) is 12.2 Å². The van der Waals surface area contributed by atoms with E-state index >= 15 is 0 Å². The summed E-state index contributed by atoms with van der Waals surface area (Å²) in [5.74, 6) is 0. The Bertz CT molecular complexity index is 984. The Morgan fingerprint density at radius 2 is 1.03 bits per heavy atom. The molecular weight excluding hydrogens is 378 g/mol. The molecule has 0 radical (unpaired) electrons. The van der Waals surface area contributed by atoms with E-state index in [0.29, 0.717) is 12.6 Å². The molecule has 1 aliphatic heterocycles. The van der Waals surface area contributed by atoms with Gasteiger partial charge in [0.05, 0.1) is 18.8 Å². The fraction of sp³-hybridized carbons (Fsp3) is 0.172. The van der Waals surface area contributed by atoms with Crippen molar-refractivity contribution in [2.24, 2.45) is 0 Å². The number of hydrogen-bond donors (Lipinski definition) is 0. The summed E-state index contributed by atoms with van der Waals surface area (Å²) < 4.78 is 6.13. The van der Waals surface area contributed by atoms with Crippen molar-refractivity contribution in [3.05, 3.63) is 144 Å². The summed E-state index contributed by atoms with van der Waals surface area (Å²) in [7, 11) is 0. The maximum absolute atomic E-state index is 6.13. The molecule has 1 fully saturated rings. The van der Waals surface area contributed by atoms with Gasteiger partial charge >= 0.3 is 0 Å². The van der Waals surface area contributed by atoms with Gasteiger partial charge in [0.1, 0.15) is 0 Å². The van der Waals surface area contributed by atoms with Gasteiger partial charge in [-0.2, -0.15) is 0 Å². The van der Waals surface area contributed by atoms with Crippen LogP contribution in [-0.2, 0) is 16.9 Å². The van der Waals surface area contributed by atoms with Crippen molar-refractivity contribution in [2.75, 3.05) is 13.2 Å². The van der Waals surface area contributed by atoms with Gasteiger partial charge in [-0.15, -0.1) is 0 Å². The predicted octanol–water partition coefficient (Wildman–Crippen LogP) is 5.88. The Morgan fingerprint density at radius 1 is 0.613 bits per heavy atom. The molecule has 0 saturated carbocycles. The molecule has 5 rings (SSSR count). The summed E-state index contributed by atoms with van der Waals surface area (Å²) >= 11 is 0. The van der Waals surface area contributed by atoms with E-state index in [9.17, 15) is 0 Å². The van der Waals surface area contributed by atoms with Crippen molar-refractivity contribution in [1.82, 2.24) is 4.90 Å². The van der Waals surface area contributed by atoms with Gasteiger partial charge in [-0.3, -0.25) is 4.90 Å². The van der Waals surface area contributed by atoms with Gasteiger partial charge in [0.15, 0.2) is 0 Å². The molecule has 1 unspecified atom stereocenters.